The van der Waals surface area contributed by atoms with Crippen LogP contribution in [0.5, 0.6) is 5.75 Å². The zero-order chi connectivity index (χ0) is 14.8. The Bertz CT molecular complexity index is 484. The second kappa shape index (κ2) is 6.30. The number of rotatable bonds is 3. The molecule has 0 heterocycles. The van der Waals surface area contributed by atoms with Crippen molar-refractivity contribution in [2.45, 2.75) is 51.7 Å². The molecule has 4 nitrogen and oxygen atoms in total. The molecule has 0 saturated heterocycles. The lowest BCUT2D eigenvalue weighted by molar-refractivity contribution is 0.00178. The van der Waals surface area contributed by atoms with Gasteiger partial charge in [-0.15, -0.1) is 0 Å². The molecule has 0 atom stereocenters. The Balaban J connectivity index is 2.08. The average molecular weight is 390 g/mol. The van der Waals surface area contributed by atoms with Crippen molar-refractivity contribution >= 4 is 28.7 Å². The van der Waals surface area contributed by atoms with Crippen molar-refractivity contribution < 1.29 is 19.4 Å². The van der Waals surface area contributed by atoms with Crippen molar-refractivity contribution in [1.82, 2.24) is 0 Å². The largest absolute Gasteiger partial charge is 0.514 e. The van der Waals surface area contributed by atoms with Crippen LogP contribution in [0.3, 0.4) is 0 Å². The highest BCUT2D eigenvalue weighted by Gasteiger charge is 2.33. The molecule has 1 aliphatic rings. The Kier molecular flexibility index (Phi) is 4.90. The van der Waals surface area contributed by atoms with Crippen molar-refractivity contribution in [3.05, 3.63) is 26.8 Å². The summed E-state index contributed by atoms with van der Waals surface area (Å²) in [5.74, 6) is 0.509. The number of halogens is 1. The fourth-order valence-electron chi connectivity index (χ4n) is 2.55. The fraction of sp³-hybridized carbons (Fsp3) is 0.533. The van der Waals surface area contributed by atoms with Crippen molar-refractivity contribution in [3.8, 4) is 5.75 Å². The van der Waals surface area contributed by atoms with Gasteiger partial charge < -0.3 is 14.6 Å². The van der Waals surface area contributed by atoms with Gasteiger partial charge in [-0.1, -0.05) is 0 Å². The highest BCUT2D eigenvalue weighted by Crippen LogP contribution is 2.34. The summed E-state index contributed by atoms with van der Waals surface area (Å²) < 4.78 is 11.6. The number of aryl methyl sites for hydroxylation is 1. The summed E-state index contributed by atoms with van der Waals surface area (Å²) >= 11 is 2.09. The third-order valence-corrected chi connectivity index (χ3v) is 4.45. The molecule has 110 valence electrons. The second-order valence-electron chi connectivity index (χ2n) is 5.49. The standard InChI is InChI=1S/C15H19IO4/c1-10-7-11(9-17)8-12(16)13(10)19-14(18)20-15(2)5-3-4-6-15/h7-8,17H,3-6,9H2,1-2H3. The van der Waals surface area contributed by atoms with E-state index in [1.807, 2.05) is 19.9 Å². The smallest absolute Gasteiger partial charge is 0.428 e. The Morgan fingerprint density at radius 1 is 1.40 bits per heavy atom. The summed E-state index contributed by atoms with van der Waals surface area (Å²) in [6.45, 7) is 3.77. The monoisotopic (exact) mass is 390 g/mol. The van der Waals surface area contributed by atoms with Gasteiger partial charge in [0.2, 0.25) is 0 Å². The molecule has 1 aromatic carbocycles. The minimum atomic E-state index is -0.646. The summed E-state index contributed by atoms with van der Waals surface area (Å²) in [5.41, 5.74) is 1.23. The topological polar surface area (TPSA) is 55.8 Å². The number of ether oxygens (including phenoxy) is 2. The van der Waals surface area contributed by atoms with E-state index < -0.39 is 6.16 Å². The number of aliphatic hydroxyl groups excluding tert-OH is 1. The molecule has 0 aliphatic heterocycles. The first-order chi connectivity index (χ1) is 9.43. The molecule has 0 radical (unpaired) electrons. The molecular weight excluding hydrogens is 371 g/mol. The zero-order valence-corrected chi connectivity index (χ0v) is 13.9. The van der Waals surface area contributed by atoms with Crippen LogP contribution in [0.25, 0.3) is 0 Å². The summed E-state index contributed by atoms with van der Waals surface area (Å²) in [4.78, 5) is 11.9. The van der Waals surface area contributed by atoms with Gasteiger partial charge in [0.1, 0.15) is 5.60 Å². The number of aliphatic hydroxyl groups is 1. The van der Waals surface area contributed by atoms with E-state index in [1.165, 1.54) is 0 Å². The van der Waals surface area contributed by atoms with Crippen LogP contribution in [-0.2, 0) is 11.3 Å². The van der Waals surface area contributed by atoms with Gasteiger partial charge in [-0.2, -0.15) is 0 Å². The third kappa shape index (κ3) is 3.63. The predicted octanol–water partition coefficient (Wildman–Crippen LogP) is 3.94. The highest BCUT2D eigenvalue weighted by atomic mass is 127. The van der Waals surface area contributed by atoms with Crippen LogP contribution >= 0.6 is 22.6 Å². The maximum absolute atomic E-state index is 11.9. The lowest BCUT2D eigenvalue weighted by Crippen LogP contribution is -2.30. The van der Waals surface area contributed by atoms with E-state index in [2.05, 4.69) is 22.6 Å². The third-order valence-electron chi connectivity index (χ3n) is 3.65. The van der Waals surface area contributed by atoms with E-state index in [1.54, 1.807) is 6.07 Å². The van der Waals surface area contributed by atoms with Crippen molar-refractivity contribution in [3.63, 3.8) is 0 Å². The van der Waals surface area contributed by atoms with Crippen LogP contribution in [0.1, 0.15) is 43.7 Å². The normalized spacial score (nSPS) is 17.0. The summed E-state index contributed by atoms with van der Waals surface area (Å²) in [5, 5.41) is 9.15. The van der Waals surface area contributed by atoms with E-state index in [9.17, 15) is 4.79 Å². The first-order valence-corrected chi connectivity index (χ1v) is 7.82. The van der Waals surface area contributed by atoms with Gasteiger partial charge in [-0.05, 0) is 85.4 Å². The van der Waals surface area contributed by atoms with Crippen LogP contribution in [-0.4, -0.2) is 16.9 Å². The molecule has 20 heavy (non-hydrogen) atoms. The van der Waals surface area contributed by atoms with E-state index in [0.717, 1.165) is 40.4 Å². The van der Waals surface area contributed by atoms with Crippen LogP contribution in [0, 0.1) is 10.5 Å². The molecule has 0 spiro atoms. The maximum atomic E-state index is 11.9. The van der Waals surface area contributed by atoms with Gasteiger partial charge in [0.15, 0.2) is 5.75 Å². The lowest BCUT2D eigenvalue weighted by Gasteiger charge is -2.23. The van der Waals surface area contributed by atoms with Crippen LogP contribution < -0.4 is 4.74 Å². The molecule has 1 aliphatic carbocycles. The molecule has 0 amide bonds. The molecule has 0 bridgehead atoms. The number of hydrogen-bond donors (Lipinski definition) is 1. The van der Waals surface area contributed by atoms with Crippen LogP contribution in [0.2, 0.25) is 0 Å². The Hall–Kier alpha value is -0.820. The first kappa shape index (κ1) is 15.6. The molecule has 1 aromatic rings. The van der Waals surface area contributed by atoms with Crippen LogP contribution in [0.4, 0.5) is 4.79 Å². The van der Waals surface area contributed by atoms with E-state index in [0.29, 0.717) is 5.75 Å². The summed E-state index contributed by atoms with van der Waals surface area (Å²) in [7, 11) is 0. The van der Waals surface area contributed by atoms with Crippen molar-refractivity contribution in [2.75, 3.05) is 0 Å². The van der Waals surface area contributed by atoms with Crippen molar-refractivity contribution in [2.24, 2.45) is 0 Å². The van der Waals surface area contributed by atoms with E-state index in [4.69, 9.17) is 14.6 Å². The Morgan fingerprint density at radius 3 is 2.60 bits per heavy atom. The number of carbonyl (C=O) groups is 1. The first-order valence-electron chi connectivity index (χ1n) is 6.74. The number of hydrogen-bond acceptors (Lipinski definition) is 4. The summed E-state index contributed by atoms with van der Waals surface area (Å²) in [6.07, 6.45) is 3.31. The van der Waals surface area contributed by atoms with E-state index in [-0.39, 0.29) is 12.2 Å². The van der Waals surface area contributed by atoms with Gasteiger partial charge in [-0.25, -0.2) is 4.79 Å². The minimum Gasteiger partial charge on any atom is -0.428 e. The molecule has 2 rings (SSSR count). The maximum Gasteiger partial charge on any atom is 0.514 e. The lowest BCUT2D eigenvalue weighted by atomic mass is 10.1. The second-order valence-corrected chi connectivity index (χ2v) is 6.66. The predicted molar refractivity (Wildman–Crippen MR) is 83.8 cm³/mol. The average Bonchev–Trinajstić information content (AvgIpc) is 2.79. The number of carbonyl (C=O) groups excluding carboxylic acids is 1. The number of benzene rings is 1. The van der Waals surface area contributed by atoms with Gasteiger partial charge >= 0.3 is 6.16 Å². The molecule has 1 saturated carbocycles. The quantitative estimate of drug-likeness (QED) is 0.483. The van der Waals surface area contributed by atoms with Crippen molar-refractivity contribution in [1.29, 1.82) is 0 Å². The Morgan fingerprint density at radius 2 is 2.05 bits per heavy atom. The molecular formula is C15H19IO4. The fourth-order valence-corrected chi connectivity index (χ4v) is 3.49. The highest BCUT2D eigenvalue weighted by molar-refractivity contribution is 14.1. The molecule has 1 N–H and O–H groups in total. The molecule has 0 unspecified atom stereocenters. The molecule has 5 heteroatoms. The van der Waals surface area contributed by atoms with E-state index >= 15 is 0 Å². The van der Waals surface area contributed by atoms with Gasteiger partial charge in [0, 0.05) is 0 Å². The Labute approximate surface area is 132 Å². The zero-order valence-electron chi connectivity index (χ0n) is 11.7. The minimum absolute atomic E-state index is 0.0281. The van der Waals surface area contributed by atoms with Gasteiger partial charge in [0.25, 0.3) is 0 Å². The SMILES string of the molecule is Cc1cc(CO)cc(I)c1OC(=O)OC1(C)CCCC1. The molecule has 1 fully saturated rings. The molecule has 0 aromatic heterocycles. The van der Waals surface area contributed by atoms with Crippen LogP contribution in [0.15, 0.2) is 12.1 Å². The van der Waals surface area contributed by atoms with Gasteiger partial charge in [0.05, 0.1) is 10.2 Å². The summed E-state index contributed by atoms with van der Waals surface area (Å²) in [6, 6.07) is 3.61. The van der Waals surface area contributed by atoms with Gasteiger partial charge in [-0.3, -0.25) is 0 Å².